The molecule has 3 aromatic rings. The maximum atomic E-state index is 14.9. The van der Waals surface area contributed by atoms with Gasteiger partial charge in [0.05, 0.1) is 0 Å². The van der Waals surface area contributed by atoms with Crippen LogP contribution in [0.4, 0.5) is 4.39 Å². The second kappa shape index (κ2) is 9.28. The number of hydrogen-bond donors (Lipinski definition) is 0. The molecule has 1 saturated carbocycles. The lowest BCUT2D eigenvalue weighted by Gasteiger charge is -2.42. The number of halogens is 1. The Bertz CT molecular complexity index is 978. The molecule has 0 N–H and O–H groups in total. The van der Waals surface area contributed by atoms with Gasteiger partial charge in [-0.1, -0.05) is 55.7 Å². The summed E-state index contributed by atoms with van der Waals surface area (Å²) in [5.74, 6) is 0.689. The Balaban J connectivity index is 1.40. The average Bonchev–Trinajstić information content (AvgIpc) is 3.32. The molecule has 31 heavy (non-hydrogen) atoms. The van der Waals surface area contributed by atoms with E-state index in [-0.39, 0.29) is 11.9 Å². The third kappa shape index (κ3) is 4.41. The van der Waals surface area contributed by atoms with Gasteiger partial charge in [-0.2, -0.15) is 0 Å². The Morgan fingerprint density at radius 3 is 2.29 bits per heavy atom. The van der Waals surface area contributed by atoms with Crippen LogP contribution in [-0.4, -0.2) is 52.2 Å². The van der Waals surface area contributed by atoms with Gasteiger partial charge >= 0.3 is 0 Å². The second-order valence-corrected chi connectivity index (χ2v) is 8.60. The molecule has 0 unspecified atom stereocenters. The summed E-state index contributed by atoms with van der Waals surface area (Å²) in [6.45, 7) is 3.71. The van der Waals surface area contributed by atoms with Crippen LogP contribution in [0.15, 0.2) is 59.0 Å². The molecule has 0 amide bonds. The number of nitrogens with zero attached hydrogens (tertiary/aromatic N) is 4. The van der Waals surface area contributed by atoms with Gasteiger partial charge in [-0.15, -0.1) is 10.2 Å². The van der Waals surface area contributed by atoms with Crippen LogP contribution in [0.5, 0.6) is 0 Å². The first-order valence-electron chi connectivity index (χ1n) is 11.4. The Labute approximate surface area is 182 Å². The highest BCUT2D eigenvalue weighted by Crippen LogP contribution is 2.33. The molecule has 0 radical (unpaired) electrons. The molecule has 5 rings (SSSR count). The zero-order valence-electron chi connectivity index (χ0n) is 17.8. The first-order chi connectivity index (χ1) is 15.3. The molecule has 2 aromatic carbocycles. The van der Waals surface area contributed by atoms with E-state index in [1.165, 1.54) is 38.2 Å². The lowest BCUT2D eigenvalue weighted by molar-refractivity contribution is 0.0582. The molecule has 0 spiro atoms. The van der Waals surface area contributed by atoms with Crippen molar-refractivity contribution in [2.24, 2.45) is 0 Å². The van der Waals surface area contributed by atoms with Gasteiger partial charge in [0.1, 0.15) is 11.9 Å². The molecule has 2 heterocycles. The van der Waals surface area contributed by atoms with Gasteiger partial charge in [0.2, 0.25) is 11.8 Å². The molecule has 1 aliphatic heterocycles. The largest absolute Gasteiger partial charge is 0.419 e. The second-order valence-electron chi connectivity index (χ2n) is 8.60. The van der Waals surface area contributed by atoms with E-state index in [0.717, 1.165) is 31.7 Å². The predicted molar refractivity (Wildman–Crippen MR) is 118 cm³/mol. The van der Waals surface area contributed by atoms with E-state index in [1.54, 1.807) is 6.07 Å². The average molecular weight is 421 g/mol. The molecule has 5 nitrogen and oxygen atoms in total. The SMILES string of the molecule is Fc1ccccc1[C@H](c1nnc(-c2ccccc2)o1)N1CCN(C2CCCCC2)CC1. The lowest BCUT2D eigenvalue weighted by atomic mass is 9.93. The summed E-state index contributed by atoms with van der Waals surface area (Å²) in [7, 11) is 0. The van der Waals surface area contributed by atoms with Gasteiger partial charge in [0.25, 0.3) is 0 Å². The molecular formula is C25H29FN4O. The van der Waals surface area contributed by atoms with Gasteiger partial charge < -0.3 is 4.42 Å². The number of hydrogen-bond acceptors (Lipinski definition) is 5. The van der Waals surface area contributed by atoms with Gasteiger partial charge in [-0.25, -0.2) is 4.39 Å². The molecular weight excluding hydrogens is 391 g/mol. The summed E-state index contributed by atoms with van der Waals surface area (Å²) < 4.78 is 20.9. The van der Waals surface area contributed by atoms with E-state index in [2.05, 4.69) is 20.0 Å². The summed E-state index contributed by atoms with van der Waals surface area (Å²) in [5, 5.41) is 8.63. The summed E-state index contributed by atoms with van der Waals surface area (Å²) in [4.78, 5) is 4.91. The molecule has 1 saturated heterocycles. The van der Waals surface area contributed by atoms with Crippen molar-refractivity contribution >= 4 is 0 Å². The van der Waals surface area contributed by atoms with Crippen molar-refractivity contribution in [2.45, 2.75) is 44.2 Å². The lowest BCUT2D eigenvalue weighted by Crippen LogP contribution is -2.51. The number of benzene rings is 2. The minimum atomic E-state index is -0.375. The fraction of sp³-hybridized carbons (Fsp3) is 0.440. The van der Waals surface area contributed by atoms with Crippen LogP contribution < -0.4 is 0 Å². The van der Waals surface area contributed by atoms with Crippen LogP contribution >= 0.6 is 0 Å². The molecule has 1 aromatic heterocycles. The van der Waals surface area contributed by atoms with Gasteiger partial charge in [-0.05, 0) is 31.0 Å². The van der Waals surface area contributed by atoms with Crippen molar-refractivity contribution in [2.75, 3.05) is 26.2 Å². The zero-order chi connectivity index (χ0) is 21.0. The Hall–Kier alpha value is -2.57. The van der Waals surface area contributed by atoms with Crippen molar-refractivity contribution in [1.82, 2.24) is 20.0 Å². The maximum absolute atomic E-state index is 14.9. The molecule has 6 heteroatoms. The fourth-order valence-electron chi connectivity index (χ4n) is 5.03. The van der Waals surface area contributed by atoms with E-state index < -0.39 is 0 Å². The van der Waals surface area contributed by atoms with Crippen LogP contribution in [-0.2, 0) is 0 Å². The molecule has 2 fully saturated rings. The topological polar surface area (TPSA) is 45.4 Å². The maximum Gasteiger partial charge on any atom is 0.247 e. The smallest absolute Gasteiger partial charge is 0.247 e. The van der Waals surface area contributed by atoms with Gasteiger partial charge in [0.15, 0.2) is 0 Å². The minimum absolute atomic E-state index is 0.235. The van der Waals surface area contributed by atoms with Gasteiger partial charge in [-0.3, -0.25) is 9.80 Å². The van der Waals surface area contributed by atoms with E-state index >= 15 is 0 Å². The molecule has 0 bridgehead atoms. The van der Waals surface area contributed by atoms with Crippen LogP contribution in [0.1, 0.15) is 49.6 Å². The highest BCUT2D eigenvalue weighted by molar-refractivity contribution is 5.51. The normalized spacial score (nSPS) is 20.0. The summed E-state index contributed by atoms with van der Waals surface area (Å²) >= 11 is 0. The quantitative estimate of drug-likeness (QED) is 0.587. The van der Waals surface area contributed by atoms with Crippen LogP contribution in [0.2, 0.25) is 0 Å². The highest BCUT2D eigenvalue weighted by atomic mass is 19.1. The number of aromatic nitrogens is 2. The molecule has 1 atom stereocenters. The van der Waals surface area contributed by atoms with Crippen LogP contribution in [0.25, 0.3) is 11.5 Å². The molecule has 2 aliphatic rings. The van der Waals surface area contributed by atoms with E-state index in [1.807, 2.05) is 42.5 Å². The van der Waals surface area contributed by atoms with Crippen molar-refractivity contribution in [3.05, 3.63) is 71.9 Å². The number of rotatable bonds is 5. The standard InChI is InChI=1S/C25H29FN4O/c26-22-14-8-7-13-21(22)23(25-28-27-24(31-25)19-9-3-1-4-10-19)30-17-15-29(16-18-30)20-11-5-2-6-12-20/h1,3-4,7-10,13-14,20,23H,2,5-6,11-12,15-18H2/t23-/m1/s1. The van der Waals surface area contributed by atoms with Crippen molar-refractivity contribution < 1.29 is 8.81 Å². The zero-order valence-corrected chi connectivity index (χ0v) is 17.8. The Morgan fingerprint density at radius 2 is 1.55 bits per heavy atom. The minimum Gasteiger partial charge on any atom is -0.419 e. The highest BCUT2D eigenvalue weighted by Gasteiger charge is 2.34. The monoisotopic (exact) mass is 420 g/mol. The fourth-order valence-corrected chi connectivity index (χ4v) is 5.03. The Kier molecular flexibility index (Phi) is 6.09. The summed E-state index contributed by atoms with van der Waals surface area (Å²) in [5.41, 5.74) is 1.47. The van der Waals surface area contributed by atoms with Crippen molar-refractivity contribution in [3.8, 4) is 11.5 Å². The van der Waals surface area contributed by atoms with Crippen molar-refractivity contribution in [1.29, 1.82) is 0 Å². The van der Waals surface area contributed by atoms with E-state index in [0.29, 0.717) is 23.4 Å². The summed E-state index contributed by atoms with van der Waals surface area (Å²) in [6, 6.07) is 17.0. The van der Waals surface area contributed by atoms with Crippen LogP contribution in [0.3, 0.4) is 0 Å². The third-order valence-corrected chi connectivity index (χ3v) is 6.70. The van der Waals surface area contributed by atoms with Gasteiger partial charge in [0, 0.05) is 43.3 Å². The third-order valence-electron chi connectivity index (χ3n) is 6.70. The molecule has 1 aliphatic carbocycles. The molecule has 162 valence electrons. The first-order valence-corrected chi connectivity index (χ1v) is 11.4. The van der Waals surface area contributed by atoms with E-state index in [4.69, 9.17) is 4.42 Å². The summed E-state index contributed by atoms with van der Waals surface area (Å²) in [6.07, 6.45) is 6.66. The first kappa shape index (κ1) is 20.3. The number of piperazine rings is 1. The van der Waals surface area contributed by atoms with E-state index in [9.17, 15) is 4.39 Å². The van der Waals surface area contributed by atoms with Crippen LogP contribution in [0, 0.1) is 5.82 Å². The predicted octanol–water partition coefficient (Wildman–Crippen LogP) is 4.92. The van der Waals surface area contributed by atoms with Crippen molar-refractivity contribution in [3.63, 3.8) is 0 Å². The Morgan fingerprint density at radius 1 is 0.839 bits per heavy atom.